The molecule has 1 aromatic rings. The summed E-state index contributed by atoms with van der Waals surface area (Å²) in [6.07, 6.45) is 7.41. The largest absolute Gasteiger partial charge is 0.337 e. The maximum Gasteiger partial charge on any atom is 0.122 e. The van der Waals surface area contributed by atoms with Crippen LogP contribution in [0.5, 0.6) is 0 Å². The van der Waals surface area contributed by atoms with E-state index in [2.05, 4.69) is 47.3 Å². The van der Waals surface area contributed by atoms with Crippen molar-refractivity contribution >= 4 is 0 Å². The van der Waals surface area contributed by atoms with E-state index in [0.717, 1.165) is 31.9 Å². The molecule has 0 aliphatic carbocycles. The number of aryl methyl sites for hydroxylation is 1. The Labute approximate surface area is 129 Å². The van der Waals surface area contributed by atoms with Gasteiger partial charge in [-0.3, -0.25) is 4.90 Å². The smallest absolute Gasteiger partial charge is 0.122 e. The lowest BCUT2D eigenvalue weighted by atomic mass is 9.89. The fraction of sp³-hybridized carbons (Fsp3) is 0.812. The molecule has 1 saturated heterocycles. The average molecular weight is 293 g/mol. The molecule has 1 atom stereocenters. The van der Waals surface area contributed by atoms with Gasteiger partial charge in [0.15, 0.2) is 0 Å². The summed E-state index contributed by atoms with van der Waals surface area (Å²) in [6, 6.07) is 0.624. The predicted octanol–water partition coefficient (Wildman–Crippen LogP) is 1.44. The average Bonchev–Trinajstić information content (AvgIpc) is 2.74. The number of likely N-dealkylation sites (N-methyl/N-ethyl adjacent to an activating group) is 1. The van der Waals surface area contributed by atoms with Gasteiger partial charge in [-0.05, 0) is 46.7 Å². The summed E-state index contributed by atoms with van der Waals surface area (Å²) < 4.78 is 2.10. The van der Waals surface area contributed by atoms with E-state index in [9.17, 15) is 0 Å². The molecule has 0 aromatic carbocycles. The van der Waals surface area contributed by atoms with Gasteiger partial charge in [-0.2, -0.15) is 0 Å². The Bertz CT molecular complexity index is 442. The highest BCUT2D eigenvalue weighted by Crippen LogP contribution is 2.29. The lowest BCUT2D eigenvalue weighted by Gasteiger charge is -2.40. The second-order valence-electron chi connectivity index (χ2n) is 6.72. The molecule has 0 spiro atoms. The van der Waals surface area contributed by atoms with Gasteiger partial charge in [0.2, 0.25) is 0 Å². The predicted molar refractivity (Wildman–Crippen MR) is 87.0 cm³/mol. The van der Waals surface area contributed by atoms with E-state index in [1.165, 1.54) is 19.4 Å². The molecule has 2 heterocycles. The fourth-order valence-electron chi connectivity index (χ4n) is 3.39. The van der Waals surface area contributed by atoms with Crippen molar-refractivity contribution in [3.63, 3.8) is 0 Å². The molecule has 1 fully saturated rings. The van der Waals surface area contributed by atoms with Crippen LogP contribution in [-0.4, -0.2) is 57.6 Å². The Balaban J connectivity index is 2.08. The first-order valence-corrected chi connectivity index (χ1v) is 8.10. The van der Waals surface area contributed by atoms with Crippen LogP contribution in [-0.2, 0) is 13.6 Å². The van der Waals surface area contributed by atoms with Gasteiger partial charge in [-0.25, -0.2) is 4.98 Å². The lowest BCUT2D eigenvalue weighted by molar-refractivity contribution is 0.0939. The van der Waals surface area contributed by atoms with Crippen LogP contribution in [0.25, 0.3) is 0 Å². The van der Waals surface area contributed by atoms with Crippen molar-refractivity contribution in [2.24, 2.45) is 12.8 Å². The van der Waals surface area contributed by atoms with Crippen LogP contribution in [0.15, 0.2) is 12.4 Å². The van der Waals surface area contributed by atoms with Crippen molar-refractivity contribution in [2.75, 3.05) is 26.7 Å². The zero-order valence-corrected chi connectivity index (χ0v) is 14.0. The molecule has 0 bridgehead atoms. The van der Waals surface area contributed by atoms with Crippen LogP contribution in [0.3, 0.4) is 0 Å². The summed E-state index contributed by atoms with van der Waals surface area (Å²) in [4.78, 5) is 9.46. The summed E-state index contributed by atoms with van der Waals surface area (Å²) in [7, 11) is 4.26. The molecule has 2 rings (SSSR count). The molecular weight excluding hydrogens is 262 g/mol. The minimum atomic E-state index is 0.107. The molecule has 120 valence electrons. The topological polar surface area (TPSA) is 50.3 Å². The third kappa shape index (κ3) is 3.65. The summed E-state index contributed by atoms with van der Waals surface area (Å²) in [5.41, 5.74) is 6.32. The first-order valence-electron chi connectivity index (χ1n) is 8.10. The molecule has 1 aliphatic rings. The SMILES string of the molecule is CC(C)N1CCCC(CN)(N(C)Cc2nccn2C)CC1. The molecule has 1 aliphatic heterocycles. The first-order chi connectivity index (χ1) is 9.98. The Morgan fingerprint density at radius 2 is 2.14 bits per heavy atom. The molecule has 5 nitrogen and oxygen atoms in total. The molecule has 21 heavy (non-hydrogen) atoms. The van der Waals surface area contributed by atoms with Gasteiger partial charge in [0.05, 0.1) is 6.54 Å². The Hall–Kier alpha value is -0.910. The monoisotopic (exact) mass is 293 g/mol. The minimum Gasteiger partial charge on any atom is -0.337 e. The van der Waals surface area contributed by atoms with Gasteiger partial charge >= 0.3 is 0 Å². The van der Waals surface area contributed by atoms with Crippen molar-refractivity contribution in [3.05, 3.63) is 18.2 Å². The number of nitrogens with zero attached hydrogens (tertiary/aromatic N) is 4. The van der Waals surface area contributed by atoms with Crippen molar-refractivity contribution in [3.8, 4) is 0 Å². The Kier molecular flexibility index (Phi) is 5.41. The molecule has 1 unspecified atom stereocenters. The summed E-state index contributed by atoms with van der Waals surface area (Å²) in [6.45, 7) is 8.48. The van der Waals surface area contributed by atoms with Crippen LogP contribution in [0.1, 0.15) is 38.9 Å². The third-order valence-electron chi connectivity index (χ3n) is 5.17. The third-order valence-corrected chi connectivity index (χ3v) is 5.17. The fourth-order valence-corrected chi connectivity index (χ4v) is 3.39. The van der Waals surface area contributed by atoms with E-state index >= 15 is 0 Å². The van der Waals surface area contributed by atoms with Gasteiger partial charge in [-0.15, -0.1) is 0 Å². The van der Waals surface area contributed by atoms with Crippen LogP contribution in [0, 0.1) is 0 Å². The first kappa shape index (κ1) is 16.5. The number of hydrogen-bond donors (Lipinski definition) is 1. The quantitative estimate of drug-likeness (QED) is 0.892. The number of rotatable bonds is 5. The van der Waals surface area contributed by atoms with Crippen molar-refractivity contribution in [1.29, 1.82) is 0 Å². The van der Waals surface area contributed by atoms with E-state index < -0.39 is 0 Å². The highest BCUT2D eigenvalue weighted by Gasteiger charge is 2.35. The second kappa shape index (κ2) is 6.90. The van der Waals surface area contributed by atoms with Crippen molar-refractivity contribution in [1.82, 2.24) is 19.4 Å². The summed E-state index contributed by atoms with van der Waals surface area (Å²) >= 11 is 0. The molecule has 5 heteroatoms. The number of imidazole rings is 1. The van der Waals surface area contributed by atoms with E-state index in [4.69, 9.17) is 5.73 Å². The van der Waals surface area contributed by atoms with Crippen LogP contribution in [0.4, 0.5) is 0 Å². The normalized spacial score (nSPS) is 24.7. The standard InChI is InChI=1S/C16H31N5/c1-14(2)21-9-5-6-16(13-17,7-10-21)20(4)12-15-18-8-11-19(15)3/h8,11,14H,5-7,9-10,12-13,17H2,1-4H3. The van der Waals surface area contributed by atoms with Crippen LogP contribution < -0.4 is 5.73 Å². The Morgan fingerprint density at radius 3 is 2.71 bits per heavy atom. The number of nitrogens with two attached hydrogens (primary N) is 1. The van der Waals surface area contributed by atoms with E-state index in [1.807, 2.05) is 12.4 Å². The van der Waals surface area contributed by atoms with Gasteiger partial charge in [0.25, 0.3) is 0 Å². The second-order valence-corrected chi connectivity index (χ2v) is 6.72. The molecule has 2 N–H and O–H groups in total. The molecule has 0 radical (unpaired) electrons. The van der Waals surface area contributed by atoms with Crippen LogP contribution in [0.2, 0.25) is 0 Å². The molecular formula is C16H31N5. The highest BCUT2D eigenvalue weighted by molar-refractivity contribution is 4.98. The zero-order valence-electron chi connectivity index (χ0n) is 14.0. The van der Waals surface area contributed by atoms with Gasteiger partial charge in [0.1, 0.15) is 5.82 Å². The number of likely N-dealkylation sites (tertiary alicyclic amines) is 1. The van der Waals surface area contributed by atoms with Crippen molar-refractivity contribution in [2.45, 2.75) is 51.2 Å². The molecule has 0 saturated carbocycles. The molecule has 1 aromatic heterocycles. The van der Waals surface area contributed by atoms with Crippen LogP contribution >= 0.6 is 0 Å². The van der Waals surface area contributed by atoms with Gasteiger partial charge in [-0.1, -0.05) is 0 Å². The van der Waals surface area contributed by atoms with Gasteiger partial charge < -0.3 is 15.2 Å². The number of hydrogen-bond acceptors (Lipinski definition) is 4. The van der Waals surface area contributed by atoms with Gasteiger partial charge in [0, 0.05) is 44.1 Å². The number of aromatic nitrogens is 2. The molecule has 0 amide bonds. The van der Waals surface area contributed by atoms with E-state index in [0.29, 0.717) is 6.04 Å². The van der Waals surface area contributed by atoms with E-state index in [-0.39, 0.29) is 5.54 Å². The minimum absolute atomic E-state index is 0.107. The van der Waals surface area contributed by atoms with Crippen molar-refractivity contribution < 1.29 is 0 Å². The maximum atomic E-state index is 6.21. The summed E-state index contributed by atoms with van der Waals surface area (Å²) in [5.74, 6) is 1.11. The highest BCUT2D eigenvalue weighted by atomic mass is 15.2. The summed E-state index contributed by atoms with van der Waals surface area (Å²) in [5, 5.41) is 0. The maximum absolute atomic E-state index is 6.21. The zero-order chi connectivity index (χ0) is 15.5. The Morgan fingerprint density at radius 1 is 1.38 bits per heavy atom. The van der Waals surface area contributed by atoms with E-state index in [1.54, 1.807) is 0 Å². The lowest BCUT2D eigenvalue weighted by Crippen LogP contribution is -2.52.